The number of hydrogen-bond donors (Lipinski definition) is 2. The number of nitrogens with one attached hydrogen (secondary N) is 2. The molecule has 0 saturated heterocycles. The van der Waals surface area contributed by atoms with Crippen LogP contribution in [0.25, 0.3) is 5.65 Å². The van der Waals surface area contributed by atoms with Gasteiger partial charge in [0.05, 0.1) is 13.2 Å². The van der Waals surface area contributed by atoms with Crippen LogP contribution in [-0.4, -0.2) is 47.3 Å². The van der Waals surface area contributed by atoms with Crippen LogP contribution in [0.1, 0.15) is 0 Å². The Labute approximate surface area is 104 Å². The Balaban J connectivity index is 1.84. The molecule has 2 heterocycles. The number of ether oxygens (including phenoxy) is 1. The molecule has 2 aromatic rings. The molecule has 0 radical (unpaired) electrons. The van der Waals surface area contributed by atoms with E-state index in [2.05, 4.69) is 20.7 Å². The molecule has 96 valence electrons. The summed E-state index contributed by atoms with van der Waals surface area (Å²) in [5, 5.41) is 9.73. The molecule has 0 unspecified atom stereocenters. The van der Waals surface area contributed by atoms with Crippen molar-refractivity contribution in [3.05, 3.63) is 24.4 Å². The van der Waals surface area contributed by atoms with E-state index in [1.54, 1.807) is 17.8 Å². The summed E-state index contributed by atoms with van der Waals surface area (Å²) in [5.74, 6) is 0.314. The van der Waals surface area contributed by atoms with Gasteiger partial charge in [-0.2, -0.15) is 4.98 Å². The van der Waals surface area contributed by atoms with Crippen molar-refractivity contribution in [2.45, 2.75) is 0 Å². The van der Waals surface area contributed by atoms with Crippen molar-refractivity contribution < 1.29 is 9.53 Å². The summed E-state index contributed by atoms with van der Waals surface area (Å²) in [6.07, 6.45) is 1.80. The molecule has 18 heavy (non-hydrogen) atoms. The fraction of sp³-hybridized carbons (Fsp3) is 0.364. The van der Waals surface area contributed by atoms with Crippen LogP contribution >= 0.6 is 0 Å². The van der Waals surface area contributed by atoms with E-state index in [0.717, 1.165) is 5.65 Å². The predicted molar refractivity (Wildman–Crippen MR) is 66.4 cm³/mol. The van der Waals surface area contributed by atoms with Gasteiger partial charge >= 0.3 is 0 Å². The van der Waals surface area contributed by atoms with Crippen molar-refractivity contribution in [3.8, 4) is 0 Å². The van der Waals surface area contributed by atoms with Gasteiger partial charge in [-0.3, -0.25) is 4.79 Å². The average Bonchev–Trinajstić information content (AvgIpc) is 2.79. The van der Waals surface area contributed by atoms with E-state index >= 15 is 0 Å². The number of methoxy groups -OCH3 is 1. The number of carbonyl (C=O) groups is 1. The zero-order valence-corrected chi connectivity index (χ0v) is 10.1. The number of fused-ring (bicyclic) bond motifs is 1. The maximum atomic E-state index is 11.4. The normalized spacial score (nSPS) is 10.5. The zero-order chi connectivity index (χ0) is 12.8. The molecule has 0 aliphatic heterocycles. The Bertz CT molecular complexity index is 492. The van der Waals surface area contributed by atoms with Crippen LogP contribution in [0.3, 0.4) is 0 Å². The summed E-state index contributed by atoms with van der Waals surface area (Å²) in [4.78, 5) is 15.6. The van der Waals surface area contributed by atoms with Crippen LogP contribution in [0.5, 0.6) is 0 Å². The third kappa shape index (κ3) is 3.17. The maximum Gasteiger partial charge on any atom is 0.243 e. The van der Waals surface area contributed by atoms with Gasteiger partial charge in [-0.1, -0.05) is 6.07 Å². The highest BCUT2D eigenvalue weighted by Gasteiger charge is 2.04. The summed E-state index contributed by atoms with van der Waals surface area (Å²) < 4.78 is 6.48. The van der Waals surface area contributed by atoms with Crippen molar-refractivity contribution >= 4 is 17.5 Å². The van der Waals surface area contributed by atoms with E-state index in [4.69, 9.17) is 4.74 Å². The van der Waals surface area contributed by atoms with E-state index in [9.17, 15) is 4.79 Å². The van der Waals surface area contributed by atoms with Crippen LogP contribution in [0.4, 0.5) is 5.95 Å². The van der Waals surface area contributed by atoms with Crippen LogP contribution in [0.2, 0.25) is 0 Å². The fourth-order valence-electron chi connectivity index (χ4n) is 1.42. The third-order valence-corrected chi connectivity index (χ3v) is 2.28. The molecule has 0 bridgehead atoms. The first kappa shape index (κ1) is 12.3. The number of nitrogens with zero attached hydrogens (tertiary/aromatic N) is 3. The van der Waals surface area contributed by atoms with Crippen LogP contribution in [0.15, 0.2) is 24.4 Å². The zero-order valence-electron chi connectivity index (χ0n) is 10.1. The van der Waals surface area contributed by atoms with Gasteiger partial charge in [0.2, 0.25) is 11.9 Å². The second-order valence-corrected chi connectivity index (χ2v) is 3.64. The predicted octanol–water partition coefficient (Wildman–Crippen LogP) is -0.0962. The highest BCUT2D eigenvalue weighted by Crippen LogP contribution is 2.03. The first-order chi connectivity index (χ1) is 8.79. The minimum Gasteiger partial charge on any atom is -0.383 e. The molecule has 2 rings (SSSR count). The average molecular weight is 249 g/mol. The van der Waals surface area contributed by atoms with Crippen molar-refractivity contribution in [2.75, 3.05) is 32.1 Å². The van der Waals surface area contributed by atoms with Crippen LogP contribution < -0.4 is 10.6 Å². The molecule has 0 aliphatic rings. The standard InChI is InChI=1S/C11H15N5O2/c1-18-7-5-12-10(17)8-13-11-14-9-4-2-3-6-16(9)15-11/h2-4,6H,5,7-8H2,1H3,(H,12,17)(H,13,15). The Morgan fingerprint density at radius 3 is 3.17 bits per heavy atom. The molecule has 0 aromatic carbocycles. The monoisotopic (exact) mass is 249 g/mol. The minimum atomic E-state index is -0.120. The topological polar surface area (TPSA) is 80.5 Å². The minimum absolute atomic E-state index is 0.120. The summed E-state index contributed by atoms with van der Waals surface area (Å²) in [6.45, 7) is 1.13. The number of anilines is 1. The molecule has 0 fully saturated rings. The Kier molecular flexibility index (Phi) is 4.08. The quantitative estimate of drug-likeness (QED) is 0.699. The molecular weight excluding hydrogens is 234 g/mol. The molecule has 2 N–H and O–H groups in total. The number of hydrogen-bond acceptors (Lipinski definition) is 5. The second-order valence-electron chi connectivity index (χ2n) is 3.64. The second kappa shape index (κ2) is 5.97. The van der Waals surface area contributed by atoms with Crippen molar-refractivity contribution in [1.82, 2.24) is 19.9 Å². The van der Waals surface area contributed by atoms with Gasteiger partial charge < -0.3 is 15.4 Å². The Morgan fingerprint density at radius 1 is 1.50 bits per heavy atom. The van der Waals surface area contributed by atoms with E-state index in [-0.39, 0.29) is 12.5 Å². The van der Waals surface area contributed by atoms with Crippen molar-refractivity contribution in [1.29, 1.82) is 0 Å². The van der Waals surface area contributed by atoms with E-state index in [1.807, 2.05) is 18.2 Å². The molecule has 1 amide bonds. The number of pyridine rings is 1. The van der Waals surface area contributed by atoms with E-state index in [0.29, 0.717) is 19.1 Å². The van der Waals surface area contributed by atoms with Gasteiger partial charge in [0, 0.05) is 19.9 Å². The fourth-order valence-corrected chi connectivity index (χ4v) is 1.42. The van der Waals surface area contributed by atoms with E-state index < -0.39 is 0 Å². The largest absolute Gasteiger partial charge is 0.383 e. The maximum absolute atomic E-state index is 11.4. The Morgan fingerprint density at radius 2 is 2.39 bits per heavy atom. The highest BCUT2D eigenvalue weighted by molar-refractivity contribution is 5.80. The SMILES string of the molecule is COCCNC(=O)CNc1nc2ccccn2n1. The Hall–Kier alpha value is -2.15. The lowest BCUT2D eigenvalue weighted by atomic mass is 10.5. The molecule has 7 nitrogen and oxygen atoms in total. The van der Waals surface area contributed by atoms with Crippen molar-refractivity contribution in [3.63, 3.8) is 0 Å². The van der Waals surface area contributed by atoms with Crippen molar-refractivity contribution in [2.24, 2.45) is 0 Å². The first-order valence-electron chi connectivity index (χ1n) is 5.60. The number of aromatic nitrogens is 3. The summed E-state index contributed by atoms with van der Waals surface area (Å²) in [5.41, 5.74) is 0.736. The van der Waals surface area contributed by atoms with Gasteiger partial charge in [0.15, 0.2) is 5.65 Å². The highest BCUT2D eigenvalue weighted by atomic mass is 16.5. The van der Waals surface area contributed by atoms with Crippen LogP contribution in [-0.2, 0) is 9.53 Å². The number of amides is 1. The van der Waals surface area contributed by atoms with Crippen LogP contribution in [0, 0.1) is 0 Å². The van der Waals surface area contributed by atoms with Gasteiger partial charge in [-0.25, -0.2) is 4.52 Å². The summed E-state index contributed by atoms with van der Waals surface area (Å²) in [7, 11) is 1.59. The lowest BCUT2D eigenvalue weighted by Gasteiger charge is -2.04. The van der Waals surface area contributed by atoms with Gasteiger partial charge in [0.25, 0.3) is 0 Å². The van der Waals surface area contributed by atoms with Gasteiger partial charge in [-0.05, 0) is 12.1 Å². The third-order valence-electron chi connectivity index (χ3n) is 2.28. The smallest absolute Gasteiger partial charge is 0.243 e. The van der Waals surface area contributed by atoms with E-state index in [1.165, 1.54) is 0 Å². The first-order valence-corrected chi connectivity index (χ1v) is 5.60. The molecule has 0 aliphatic carbocycles. The number of carbonyl (C=O) groups excluding carboxylic acids is 1. The lowest BCUT2D eigenvalue weighted by Crippen LogP contribution is -2.32. The molecule has 0 saturated carbocycles. The van der Waals surface area contributed by atoms with Gasteiger partial charge in [-0.15, -0.1) is 5.10 Å². The summed E-state index contributed by atoms with van der Waals surface area (Å²) in [6, 6.07) is 5.59. The lowest BCUT2D eigenvalue weighted by molar-refractivity contribution is -0.119. The molecular formula is C11H15N5O2. The molecule has 2 aromatic heterocycles. The van der Waals surface area contributed by atoms with Gasteiger partial charge in [0.1, 0.15) is 0 Å². The molecule has 0 atom stereocenters. The number of rotatable bonds is 6. The summed E-state index contributed by atoms with van der Waals surface area (Å²) >= 11 is 0. The molecule has 7 heteroatoms. The molecule has 0 spiro atoms.